The summed E-state index contributed by atoms with van der Waals surface area (Å²) in [4.78, 5) is 13.7. The lowest BCUT2D eigenvalue weighted by atomic mass is 9.82. The molecular weight excluding hydrogens is 216 g/mol. The molecule has 1 saturated heterocycles. The molecule has 1 aliphatic rings. The summed E-state index contributed by atoms with van der Waals surface area (Å²) in [6.07, 6.45) is 1.87. The minimum Gasteiger partial charge on any atom is -0.444 e. The van der Waals surface area contributed by atoms with Crippen molar-refractivity contribution in [2.45, 2.75) is 58.6 Å². The topological polar surface area (TPSA) is 55.6 Å². The van der Waals surface area contributed by atoms with Gasteiger partial charge in [-0.25, -0.2) is 4.79 Å². The Balaban J connectivity index is 2.58. The smallest absolute Gasteiger partial charge is 0.410 e. The van der Waals surface area contributed by atoms with Crippen LogP contribution in [0.2, 0.25) is 0 Å². The lowest BCUT2D eigenvalue weighted by molar-refractivity contribution is 0.0128. The first-order valence-electron chi connectivity index (χ1n) is 6.36. The molecule has 1 atom stereocenters. The second-order valence-corrected chi connectivity index (χ2v) is 6.59. The zero-order valence-electron chi connectivity index (χ0n) is 11.7. The van der Waals surface area contributed by atoms with E-state index in [1.165, 1.54) is 0 Å². The van der Waals surface area contributed by atoms with E-state index in [2.05, 4.69) is 0 Å². The molecule has 0 aliphatic carbocycles. The van der Waals surface area contributed by atoms with E-state index in [1.807, 2.05) is 34.6 Å². The Kier molecular flexibility index (Phi) is 4.07. The number of hydrogen-bond donors (Lipinski definition) is 1. The third-order valence-electron chi connectivity index (χ3n) is 3.13. The lowest BCUT2D eigenvalue weighted by Gasteiger charge is -2.39. The molecule has 100 valence electrons. The van der Waals surface area contributed by atoms with Crippen molar-refractivity contribution in [2.24, 2.45) is 11.7 Å². The van der Waals surface area contributed by atoms with E-state index in [0.717, 1.165) is 19.4 Å². The van der Waals surface area contributed by atoms with Gasteiger partial charge in [-0.15, -0.1) is 0 Å². The van der Waals surface area contributed by atoms with Gasteiger partial charge in [-0.2, -0.15) is 0 Å². The number of carbonyl (C=O) groups excluding carboxylic acids is 1. The van der Waals surface area contributed by atoms with Crippen LogP contribution in [0.5, 0.6) is 0 Å². The maximum absolute atomic E-state index is 11.9. The molecule has 4 heteroatoms. The maximum atomic E-state index is 11.9. The van der Waals surface area contributed by atoms with E-state index in [9.17, 15) is 4.79 Å². The van der Waals surface area contributed by atoms with Gasteiger partial charge in [-0.3, -0.25) is 0 Å². The van der Waals surface area contributed by atoms with Gasteiger partial charge in [0.05, 0.1) is 0 Å². The van der Waals surface area contributed by atoms with Gasteiger partial charge in [0.2, 0.25) is 0 Å². The SMILES string of the molecule is CC(C)(C)OC(=O)N1CCC[C@@H](C(C)(C)N)C1. The lowest BCUT2D eigenvalue weighted by Crippen LogP contribution is -2.51. The Morgan fingerprint density at radius 1 is 1.29 bits per heavy atom. The minimum absolute atomic E-state index is 0.216. The molecule has 1 rings (SSSR count). The number of carbonyl (C=O) groups is 1. The van der Waals surface area contributed by atoms with Gasteiger partial charge >= 0.3 is 6.09 Å². The molecule has 1 aliphatic heterocycles. The van der Waals surface area contributed by atoms with Crippen molar-refractivity contribution in [3.8, 4) is 0 Å². The summed E-state index contributed by atoms with van der Waals surface area (Å²) in [5, 5.41) is 0. The summed E-state index contributed by atoms with van der Waals surface area (Å²) < 4.78 is 5.38. The zero-order valence-corrected chi connectivity index (χ0v) is 11.7. The Bertz CT molecular complexity index is 276. The number of amides is 1. The molecule has 0 aromatic carbocycles. The van der Waals surface area contributed by atoms with Crippen LogP contribution in [0, 0.1) is 5.92 Å². The van der Waals surface area contributed by atoms with Crippen molar-refractivity contribution < 1.29 is 9.53 Å². The summed E-state index contributed by atoms with van der Waals surface area (Å²) in [6.45, 7) is 11.2. The fourth-order valence-electron chi connectivity index (χ4n) is 2.08. The summed E-state index contributed by atoms with van der Waals surface area (Å²) in [6, 6.07) is 0. The number of likely N-dealkylation sites (tertiary alicyclic amines) is 1. The number of nitrogens with two attached hydrogens (primary N) is 1. The molecule has 0 aromatic rings. The van der Waals surface area contributed by atoms with Gasteiger partial charge in [0.25, 0.3) is 0 Å². The van der Waals surface area contributed by atoms with Crippen LogP contribution in [-0.2, 0) is 4.74 Å². The summed E-state index contributed by atoms with van der Waals surface area (Å²) in [5.74, 6) is 0.351. The Morgan fingerprint density at radius 2 is 1.88 bits per heavy atom. The summed E-state index contributed by atoms with van der Waals surface area (Å²) in [7, 11) is 0. The van der Waals surface area contributed by atoms with Crippen LogP contribution in [0.15, 0.2) is 0 Å². The van der Waals surface area contributed by atoms with Crippen LogP contribution in [0.25, 0.3) is 0 Å². The number of rotatable bonds is 1. The number of piperidine rings is 1. The second-order valence-electron chi connectivity index (χ2n) is 6.59. The molecule has 0 spiro atoms. The fourth-order valence-corrected chi connectivity index (χ4v) is 2.08. The van der Waals surface area contributed by atoms with Crippen molar-refractivity contribution in [1.82, 2.24) is 4.90 Å². The summed E-state index contributed by atoms with van der Waals surface area (Å²) >= 11 is 0. The van der Waals surface area contributed by atoms with E-state index >= 15 is 0 Å². The van der Waals surface area contributed by atoms with E-state index < -0.39 is 5.60 Å². The molecule has 1 amide bonds. The first-order chi connectivity index (χ1) is 7.59. The average Bonchev–Trinajstić information content (AvgIpc) is 2.14. The van der Waals surface area contributed by atoms with E-state index in [4.69, 9.17) is 10.5 Å². The highest BCUT2D eigenvalue weighted by atomic mass is 16.6. The summed E-state index contributed by atoms with van der Waals surface area (Å²) in [5.41, 5.74) is 5.46. The van der Waals surface area contributed by atoms with Gasteiger partial charge in [-0.05, 0) is 53.4 Å². The first kappa shape index (κ1) is 14.3. The molecule has 0 aromatic heterocycles. The average molecular weight is 242 g/mol. The molecule has 0 bridgehead atoms. The number of hydrogen-bond acceptors (Lipinski definition) is 3. The highest BCUT2D eigenvalue weighted by Crippen LogP contribution is 2.26. The van der Waals surface area contributed by atoms with Crippen LogP contribution in [0.1, 0.15) is 47.5 Å². The van der Waals surface area contributed by atoms with Crippen molar-refractivity contribution in [2.75, 3.05) is 13.1 Å². The van der Waals surface area contributed by atoms with Crippen molar-refractivity contribution in [3.05, 3.63) is 0 Å². The predicted octanol–water partition coefficient (Wildman–Crippen LogP) is 2.37. The molecule has 17 heavy (non-hydrogen) atoms. The molecule has 1 fully saturated rings. The van der Waals surface area contributed by atoms with Crippen LogP contribution in [0.4, 0.5) is 4.79 Å². The second kappa shape index (κ2) is 4.84. The van der Waals surface area contributed by atoms with Crippen molar-refractivity contribution in [1.29, 1.82) is 0 Å². The van der Waals surface area contributed by atoms with Gasteiger partial charge < -0.3 is 15.4 Å². The van der Waals surface area contributed by atoms with Crippen LogP contribution in [0.3, 0.4) is 0 Å². The first-order valence-corrected chi connectivity index (χ1v) is 6.36. The Labute approximate surface area is 104 Å². The molecule has 1 heterocycles. The molecule has 0 unspecified atom stereocenters. The quantitative estimate of drug-likeness (QED) is 0.768. The van der Waals surface area contributed by atoms with Crippen molar-refractivity contribution >= 4 is 6.09 Å². The maximum Gasteiger partial charge on any atom is 0.410 e. The normalized spacial score (nSPS) is 22.5. The van der Waals surface area contributed by atoms with Gasteiger partial charge in [0, 0.05) is 18.6 Å². The van der Waals surface area contributed by atoms with Crippen LogP contribution >= 0.6 is 0 Å². The minimum atomic E-state index is -0.428. The Hall–Kier alpha value is -0.770. The highest BCUT2D eigenvalue weighted by Gasteiger charge is 2.33. The van der Waals surface area contributed by atoms with E-state index in [-0.39, 0.29) is 11.6 Å². The standard InChI is InChI=1S/C13H26N2O2/c1-12(2,3)17-11(16)15-8-6-7-10(9-15)13(4,5)14/h10H,6-9,14H2,1-5H3/t10-/m1/s1. The van der Waals surface area contributed by atoms with Crippen molar-refractivity contribution in [3.63, 3.8) is 0 Å². The number of ether oxygens (including phenoxy) is 1. The van der Waals surface area contributed by atoms with Crippen LogP contribution in [-0.4, -0.2) is 35.2 Å². The molecule has 0 radical (unpaired) electrons. The monoisotopic (exact) mass is 242 g/mol. The molecular formula is C13H26N2O2. The fraction of sp³-hybridized carbons (Fsp3) is 0.923. The van der Waals surface area contributed by atoms with Gasteiger partial charge in [-0.1, -0.05) is 0 Å². The molecule has 4 nitrogen and oxygen atoms in total. The number of nitrogens with zero attached hydrogens (tertiary/aromatic N) is 1. The van der Waals surface area contributed by atoms with Gasteiger partial charge in [0.1, 0.15) is 5.60 Å². The molecule has 2 N–H and O–H groups in total. The molecule has 0 saturated carbocycles. The van der Waals surface area contributed by atoms with E-state index in [1.54, 1.807) is 4.90 Å². The Morgan fingerprint density at radius 3 is 2.35 bits per heavy atom. The third-order valence-corrected chi connectivity index (χ3v) is 3.13. The highest BCUT2D eigenvalue weighted by molar-refractivity contribution is 5.68. The predicted molar refractivity (Wildman–Crippen MR) is 68.8 cm³/mol. The zero-order chi connectivity index (χ0) is 13.3. The third kappa shape index (κ3) is 4.54. The van der Waals surface area contributed by atoms with Crippen LogP contribution < -0.4 is 5.73 Å². The van der Waals surface area contributed by atoms with Gasteiger partial charge in [0.15, 0.2) is 0 Å². The largest absolute Gasteiger partial charge is 0.444 e. The van der Waals surface area contributed by atoms with E-state index in [0.29, 0.717) is 12.5 Å².